The predicted molar refractivity (Wildman–Crippen MR) is 85.8 cm³/mol. The second kappa shape index (κ2) is 6.42. The van der Waals surface area contributed by atoms with Crippen LogP contribution in [-0.4, -0.2) is 0 Å². The molecule has 0 saturated carbocycles. The molecule has 21 heavy (non-hydrogen) atoms. The first-order valence-corrected chi connectivity index (χ1v) is 7.24. The van der Waals surface area contributed by atoms with Crippen LogP contribution in [-0.2, 0) is 6.54 Å². The number of rotatable bonds is 5. The molecule has 0 unspecified atom stereocenters. The second-order valence-corrected chi connectivity index (χ2v) is 5.18. The first kappa shape index (κ1) is 13.7. The third-order valence-electron chi connectivity index (χ3n) is 3.64. The van der Waals surface area contributed by atoms with Gasteiger partial charge in [-0.05, 0) is 35.7 Å². The van der Waals surface area contributed by atoms with Gasteiger partial charge in [0.1, 0.15) is 5.76 Å². The Morgan fingerprint density at radius 1 is 0.857 bits per heavy atom. The first-order valence-electron chi connectivity index (χ1n) is 7.24. The minimum absolute atomic E-state index is 0.216. The van der Waals surface area contributed by atoms with Gasteiger partial charge < -0.3 is 9.73 Å². The quantitative estimate of drug-likeness (QED) is 0.725. The van der Waals surface area contributed by atoms with Gasteiger partial charge in [0.05, 0.1) is 12.3 Å². The van der Waals surface area contributed by atoms with E-state index < -0.39 is 0 Å². The average molecular weight is 277 g/mol. The van der Waals surface area contributed by atoms with Crippen LogP contribution in [0.3, 0.4) is 0 Å². The average Bonchev–Trinajstić information content (AvgIpc) is 3.08. The molecule has 0 amide bonds. The lowest BCUT2D eigenvalue weighted by Gasteiger charge is -2.11. The molecular weight excluding hydrogens is 258 g/mol. The number of hydrogen-bond acceptors (Lipinski definition) is 2. The lowest BCUT2D eigenvalue weighted by atomic mass is 10.0. The summed E-state index contributed by atoms with van der Waals surface area (Å²) in [6, 6.07) is 23.2. The van der Waals surface area contributed by atoms with E-state index in [-0.39, 0.29) is 6.04 Å². The molecule has 0 radical (unpaired) electrons. The van der Waals surface area contributed by atoms with E-state index in [1.54, 1.807) is 6.26 Å². The number of furan rings is 1. The molecule has 3 rings (SSSR count). The van der Waals surface area contributed by atoms with Gasteiger partial charge in [0.25, 0.3) is 0 Å². The maximum Gasteiger partial charge on any atom is 0.120 e. The fourth-order valence-corrected chi connectivity index (χ4v) is 2.35. The first-order chi connectivity index (χ1) is 10.3. The Morgan fingerprint density at radius 2 is 1.57 bits per heavy atom. The lowest BCUT2D eigenvalue weighted by molar-refractivity contribution is 0.430. The van der Waals surface area contributed by atoms with Crippen molar-refractivity contribution in [2.24, 2.45) is 0 Å². The minimum Gasteiger partial charge on any atom is -0.468 e. The summed E-state index contributed by atoms with van der Waals surface area (Å²) in [5.74, 6) is 0.968. The topological polar surface area (TPSA) is 25.2 Å². The van der Waals surface area contributed by atoms with E-state index in [2.05, 4.69) is 60.8 Å². The highest BCUT2D eigenvalue weighted by Crippen LogP contribution is 2.19. The van der Waals surface area contributed by atoms with E-state index in [1.165, 1.54) is 16.7 Å². The Balaban J connectivity index is 1.62. The molecular formula is C19H19NO. The van der Waals surface area contributed by atoms with Crippen molar-refractivity contribution in [2.75, 3.05) is 0 Å². The Labute approximate surface area is 125 Å². The summed E-state index contributed by atoms with van der Waals surface area (Å²) in [5, 5.41) is 3.47. The van der Waals surface area contributed by atoms with Gasteiger partial charge in [0, 0.05) is 6.54 Å². The molecule has 0 fully saturated rings. The molecule has 0 aliphatic rings. The Kier molecular flexibility index (Phi) is 4.17. The van der Waals surface area contributed by atoms with Gasteiger partial charge in [0.15, 0.2) is 0 Å². The molecule has 0 spiro atoms. The summed E-state index contributed by atoms with van der Waals surface area (Å²) in [5.41, 5.74) is 3.77. The Bertz CT molecular complexity index is 657. The maximum atomic E-state index is 5.40. The summed E-state index contributed by atoms with van der Waals surface area (Å²) < 4.78 is 5.40. The third-order valence-corrected chi connectivity index (χ3v) is 3.64. The van der Waals surface area contributed by atoms with Crippen LogP contribution in [0.5, 0.6) is 0 Å². The summed E-state index contributed by atoms with van der Waals surface area (Å²) in [6.45, 7) is 2.94. The van der Waals surface area contributed by atoms with Gasteiger partial charge in [-0.3, -0.25) is 0 Å². The van der Waals surface area contributed by atoms with E-state index in [0.717, 1.165) is 12.3 Å². The van der Waals surface area contributed by atoms with Gasteiger partial charge in [0.2, 0.25) is 0 Å². The molecule has 1 N–H and O–H groups in total. The fraction of sp³-hybridized carbons (Fsp3) is 0.158. The Hall–Kier alpha value is -2.32. The molecule has 1 heterocycles. The van der Waals surface area contributed by atoms with Gasteiger partial charge in [-0.1, -0.05) is 54.6 Å². The minimum atomic E-state index is 0.216. The van der Waals surface area contributed by atoms with Crippen molar-refractivity contribution in [3.63, 3.8) is 0 Å². The molecule has 0 saturated heterocycles. The van der Waals surface area contributed by atoms with Crippen molar-refractivity contribution in [2.45, 2.75) is 19.5 Å². The monoisotopic (exact) mass is 277 g/mol. The van der Waals surface area contributed by atoms with Crippen LogP contribution >= 0.6 is 0 Å². The molecule has 2 aromatic carbocycles. The van der Waals surface area contributed by atoms with Crippen molar-refractivity contribution in [1.82, 2.24) is 5.32 Å². The van der Waals surface area contributed by atoms with E-state index >= 15 is 0 Å². The summed E-state index contributed by atoms with van der Waals surface area (Å²) in [7, 11) is 0. The Morgan fingerprint density at radius 3 is 2.24 bits per heavy atom. The summed E-state index contributed by atoms with van der Waals surface area (Å²) >= 11 is 0. The third kappa shape index (κ3) is 3.41. The zero-order valence-corrected chi connectivity index (χ0v) is 12.1. The molecule has 1 aromatic heterocycles. The molecule has 0 bridgehead atoms. The lowest BCUT2D eigenvalue weighted by Crippen LogP contribution is -2.17. The maximum absolute atomic E-state index is 5.40. The van der Waals surface area contributed by atoms with Crippen molar-refractivity contribution in [3.8, 4) is 11.1 Å². The SMILES string of the molecule is C[C@H](NCc1ccc(-c2ccccc2)cc1)c1ccco1. The zero-order valence-electron chi connectivity index (χ0n) is 12.1. The van der Waals surface area contributed by atoms with Gasteiger partial charge in [-0.15, -0.1) is 0 Å². The molecule has 2 nitrogen and oxygen atoms in total. The van der Waals surface area contributed by atoms with Gasteiger partial charge in [-0.2, -0.15) is 0 Å². The molecule has 1 atom stereocenters. The second-order valence-electron chi connectivity index (χ2n) is 5.18. The van der Waals surface area contributed by atoms with Crippen LogP contribution in [0, 0.1) is 0 Å². The summed E-state index contributed by atoms with van der Waals surface area (Å²) in [6.07, 6.45) is 1.71. The van der Waals surface area contributed by atoms with Gasteiger partial charge >= 0.3 is 0 Å². The predicted octanol–water partition coefficient (Wildman–Crippen LogP) is 4.80. The van der Waals surface area contributed by atoms with Crippen LogP contribution < -0.4 is 5.32 Å². The normalized spacial score (nSPS) is 12.2. The highest BCUT2D eigenvalue weighted by molar-refractivity contribution is 5.63. The van der Waals surface area contributed by atoms with Crippen LogP contribution in [0.25, 0.3) is 11.1 Å². The number of nitrogens with one attached hydrogen (secondary N) is 1. The molecule has 0 aliphatic heterocycles. The van der Waals surface area contributed by atoms with Crippen LogP contribution in [0.4, 0.5) is 0 Å². The van der Waals surface area contributed by atoms with Crippen LogP contribution in [0.15, 0.2) is 77.4 Å². The van der Waals surface area contributed by atoms with E-state index in [1.807, 2.05) is 18.2 Å². The van der Waals surface area contributed by atoms with Crippen molar-refractivity contribution in [3.05, 3.63) is 84.3 Å². The van der Waals surface area contributed by atoms with Gasteiger partial charge in [-0.25, -0.2) is 0 Å². The summed E-state index contributed by atoms with van der Waals surface area (Å²) in [4.78, 5) is 0. The smallest absolute Gasteiger partial charge is 0.120 e. The molecule has 2 heteroatoms. The van der Waals surface area contributed by atoms with Crippen molar-refractivity contribution < 1.29 is 4.42 Å². The largest absolute Gasteiger partial charge is 0.468 e. The molecule has 0 aliphatic carbocycles. The van der Waals surface area contributed by atoms with Crippen molar-refractivity contribution in [1.29, 1.82) is 0 Å². The number of benzene rings is 2. The highest BCUT2D eigenvalue weighted by atomic mass is 16.3. The molecule has 3 aromatic rings. The van der Waals surface area contributed by atoms with Crippen LogP contribution in [0.1, 0.15) is 24.3 Å². The highest BCUT2D eigenvalue weighted by Gasteiger charge is 2.07. The fourth-order valence-electron chi connectivity index (χ4n) is 2.35. The van der Waals surface area contributed by atoms with Crippen molar-refractivity contribution >= 4 is 0 Å². The zero-order chi connectivity index (χ0) is 14.5. The van der Waals surface area contributed by atoms with E-state index in [9.17, 15) is 0 Å². The molecule has 106 valence electrons. The van der Waals surface area contributed by atoms with E-state index in [4.69, 9.17) is 4.42 Å². The number of hydrogen-bond donors (Lipinski definition) is 1. The van der Waals surface area contributed by atoms with Crippen LogP contribution in [0.2, 0.25) is 0 Å². The van der Waals surface area contributed by atoms with E-state index in [0.29, 0.717) is 0 Å². The standard InChI is InChI=1S/C19H19NO/c1-15(19-8-5-13-21-19)20-14-16-9-11-18(12-10-16)17-6-3-2-4-7-17/h2-13,15,20H,14H2,1H3/t15-/m0/s1.